The Labute approximate surface area is 102 Å². The van der Waals surface area contributed by atoms with Crippen LogP contribution in [0.3, 0.4) is 0 Å². The fourth-order valence-corrected chi connectivity index (χ4v) is 3.42. The summed E-state index contributed by atoms with van der Waals surface area (Å²) < 4.78 is 0. The summed E-state index contributed by atoms with van der Waals surface area (Å²) in [6.45, 7) is 4.56. The molecule has 0 saturated heterocycles. The molecule has 86 valence electrons. The van der Waals surface area contributed by atoms with Crippen molar-refractivity contribution in [2.75, 3.05) is 0 Å². The quantitative estimate of drug-likeness (QED) is 0.771. The van der Waals surface area contributed by atoms with Gasteiger partial charge in [-0.05, 0) is 24.0 Å². The van der Waals surface area contributed by atoms with E-state index >= 15 is 0 Å². The van der Waals surface area contributed by atoms with Crippen LogP contribution in [0.1, 0.15) is 33.1 Å². The second-order valence-electron chi connectivity index (χ2n) is 5.15. The number of Topliss-reactive ketones (excluding diaryl/α,β-unsaturated/α-hetero) is 1. The van der Waals surface area contributed by atoms with Gasteiger partial charge in [-0.1, -0.05) is 32.0 Å². The van der Waals surface area contributed by atoms with Crippen LogP contribution >= 0.6 is 11.8 Å². The lowest BCUT2D eigenvalue weighted by Crippen LogP contribution is -2.34. The van der Waals surface area contributed by atoms with Gasteiger partial charge < -0.3 is 0 Å². The highest BCUT2D eigenvalue weighted by Crippen LogP contribution is 2.43. The van der Waals surface area contributed by atoms with Crippen molar-refractivity contribution in [1.82, 2.24) is 0 Å². The molecule has 0 spiro atoms. The van der Waals surface area contributed by atoms with Gasteiger partial charge in [0.05, 0.1) is 0 Å². The predicted octanol–water partition coefficient (Wildman–Crippen LogP) is 3.93. The van der Waals surface area contributed by atoms with Crippen molar-refractivity contribution >= 4 is 17.5 Å². The minimum absolute atomic E-state index is 0.272. The van der Waals surface area contributed by atoms with Crippen molar-refractivity contribution in [2.24, 2.45) is 5.41 Å². The van der Waals surface area contributed by atoms with E-state index in [2.05, 4.69) is 38.1 Å². The Kier molecular flexibility index (Phi) is 3.38. The molecule has 0 aliphatic heterocycles. The van der Waals surface area contributed by atoms with Crippen molar-refractivity contribution in [1.29, 1.82) is 0 Å². The summed E-state index contributed by atoms with van der Waals surface area (Å²) >= 11 is 1.85. The minimum atomic E-state index is 0.272. The maximum Gasteiger partial charge on any atom is 0.134 e. The van der Waals surface area contributed by atoms with Crippen LogP contribution < -0.4 is 0 Å². The third-order valence-electron chi connectivity index (χ3n) is 3.35. The van der Waals surface area contributed by atoms with E-state index < -0.39 is 0 Å². The molecule has 2 heteroatoms. The maximum atomic E-state index is 11.5. The third kappa shape index (κ3) is 2.67. The third-order valence-corrected chi connectivity index (χ3v) is 4.99. The summed E-state index contributed by atoms with van der Waals surface area (Å²) in [4.78, 5) is 12.8. The molecule has 0 radical (unpaired) electrons. The topological polar surface area (TPSA) is 17.1 Å². The fraction of sp³-hybridized carbons (Fsp3) is 0.500. The standard InChI is InChI=1S/C14H18OS/c1-14(2)9-8-11(15)10-13(14)16-12-6-4-3-5-7-12/h3-7,13H,8-10H2,1-2H3/t13-/m1/s1. The number of benzene rings is 1. The molecule has 1 nitrogen and oxygen atoms in total. The van der Waals surface area contributed by atoms with E-state index in [0.29, 0.717) is 11.0 Å². The van der Waals surface area contributed by atoms with E-state index in [1.807, 2.05) is 17.8 Å². The Bertz CT molecular complexity index is 370. The Morgan fingerprint density at radius 2 is 1.94 bits per heavy atom. The van der Waals surface area contributed by atoms with E-state index in [1.165, 1.54) is 4.90 Å². The van der Waals surface area contributed by atoms with Crippen LogP contribution in [0, 0.1) is 5.41 Å². The zero-order valence-electron chi connectivity index (χ0n) is 9.90. The van der Waals surface area contributed by atoms with E-state index in [1.54, 1.807) is 0 Å². The molecule has 2 rings (SSSR count). The van der Waals surface area contributed by atoms with Crippen LogP contribution in [0.15, 0.2) is 35.2 Å². The smallest absolute Gasteiger partial charge is 0.134 e. The molecule has 1 aliphatic carbocycles. The van der Waals surface area contributed by atoms with Crippen molar-refractivity contribution in [3.05, 3.63) is 30.3 Å². The van der Waals surface area contributed by atoms with E-state index in [-0.39, 0.29) is 5.41 Å². The van der Waals surface area contributed by atoms with Gasteiger partial charge in [-0.15, -0.1) is 11.8 Å². The highest BCUT2D eigenvalue weighted by molar-refractivity contribution is 8.00. The summed E-state index contributed by atoms with van der Waals surface area (Å²) in [5, 5.41) is 0.427. The fourth-order valence-electron chi connectivity index (χ4n) is 2.07. The Hall–Kier alpha value is -0.760. The summed E-state index contributed by atoms with van der Waals surface area (Å²) in [5.74, 6) is 0.424. The Morgan fingerprint density at radius 1 is 1.25 bits per heavy atom. The number of rotatable bonds is 2. The maximum absolute atomic E-state index is 11.5. The summed E-state index contributed by atoms with van der Waals surface area (Å²) in [7, 11) is 0. The number of hydrogen-bond acceptors (Lipinski definition) is 2. The van der Waals surface area contributed by atoms with Crippen molar-refractivity contribution in [3.63, 3.8) is 0 Å². The van der Waals surface area contributed by atoms with Crippen molar-refractivity contribution < 1.29 is 4.79 Å². The van der Waals surface area contributed by atoms with Gasteiger partial charge in [-0.25, -0.2) is 0 Å². The lowest BCUT2D eigenvalue weighted by atomic mass is 9.76. The van der Waals surface area contributed by atoms with Gasteiger partial charge in [0, 0.05) is 23.0 Å². The number of carbonyl (C=O) groups is 1. The van der Waals surface area contributed by atoms with E-state index in [9.17, 15) is 4.79 Å². The number of hydrogen-bond donors (Lipinski definition) is 0. The Morgan fingerprint density at radius 3 is 2.62 bits per heavy atom. The molecule has 0 amide bonds. The number of ketones is 1. The zero-order chi connectivity index (χ0) is 11.6. The van der Waals surface area contributed by atoms with Gasteiger partial charge in [0.1, 0.15) is 5.78 Å². The second-order valence-corrected chi connectivity index (χ2v) is 6.43. The molecular weight excluding hydrogens is 216 g/mol. The first-order valence-corrected chi connectivity index (χ1v) is 6.69. The average Bonchev–Trinajstić information content (AvgIpc) is 2.26. The highest BCUT2D eigenvalue weighted by Gasteiger charge is 2.36. The summed E-state index contributed by atoms with van der Waals surface area (Å²) in [5.41, 5.74) is 0.272. The van der Waals surface area contributed by atoms with Gasteiger partial charge in [0.15, 0.2) is 0 Å². The molecule has 0 bridgehead atoms. The second kappa shape index (κ2) is 4.62. The molecular formula is C14H18OS. The summed E-state index contributed by atoms with van der Waals surface area (Å²) in [6.07, 6.45) is 2.52. The minimum Gasteiger partial charge on any atom is -0.300 e. The van der Waals surface area contributed by atoms with Crippen LogP contribution in [0.2, 0.25) is 0 Å². The normalized spacial score (nSPS) is 24.4. The lowest BCUT2D eigenvalue weighted by molar-refractivity contribution is -0.121. The molecule has 0 aromatic heterocycles. The first-order valence-electron chi connectivity index (χ1n) is 5.81. The van der Waals surface area contributed by atoms with Crippen LogP contribution in [0.4, 0.5) is 0 Å². The van der Waals surface area contributed by atoms with E-state index in [4.69, 9.17) is 0 Å². The predicted molar refractivity (Wildman–Crippen MR) is 68.7 cm³/mol. The molecule has 1 aliphatic rings. The summed E-state index contributed by atoms with van der Waals surface area (Å²) in [6, 6.07) is 10.4. The molecule has 0 heterocycles. The van der Waals surface area contributed by atoms with E-state index in [0.717, 1.165) is 19.3 Å². The SMILES string of the molecule is CC1(C)CCC(=O)C[C@H]1Sc1ccccc1. The molecule has 0 unspecified atom stereocenters. The molecule has 1 saturated carbocycles. The molecule has 1 aromatic rings. The van der Waals surface area contributed by atoms with Gasteiger partial charge >= 0.3 is 0 Å². The van der Waals surface area contributed by atoms with Crippen LogP contribution in [-0.4, -0.2) is 11.0 Å². The van der Waals surface area contributed by atoms with Crippen LogP contribution in [-0.2, 0) is 4.79 Å². The molecule has 16 heavy (non-hydrogen) atoms. The Balaban J connectivity index is 2.10. The van der Waals surface area contributed by atoms with Crippen molar-refractivity contribution in [2.45, 2.75) is 43.3 Å². The largest absolute Gasteiger partial charge is 0.300 e. The van der Waals surface area contributed by atoms with Gasteiger partial charge in [-0.3, -0.25) is 4.79 Å². The number of thioether (sulfide) groups is 1. The van der Waals surface area contributed by atoms with Gasteiger partial charge in [0.25, 0.3) is 0 Å². The zero-order valence-corrected chi connectivity index (χ0v) is 10.7. The molecule has 1 fully saturated rings. The number of carbonyl (C=O) groups excluding carboxylic acids is 1. The first-order chi connectivity index (χ1) is 7.58. The lowest BCUT2D eigenvalue weighted by Gasteiger charge is -2.37. The van der Waals surface area contributed by atoms with Crippen LogP contribution in [0.25, 0.3) is 0 Å². The monoisotopic (exact) mass is 234 g/mol. The average molecular weight is 234 g/mol. The molecule has 0 N–H and O–H groups in total. The molecule has 1 aromatic carbocycles. The highest BCUT2D eigenvalue weighted by atomic mass is 32.2. The first kappa shape index (κ1) is 11.7. The van der Waals surface area contributed by atoms with Crippen LogP contribution in [0.5, 0.6) is 0 Å². The van der Waals surface area contributed by atoms with Crippen molar-refractivity contribution in [3.8, 4) is 0 Å². The van der Waals surface area contributed by atoms with Gasteiger partial charge in [0.2, 0.25) is 0 Å². The molecule has 1 atom stereocenters. The van der Waals surface area contributed by atoms with Gasteiger partial charge in [-0.2, -0.15) is 0 Å².